The number of rotatable bonds is 4. The van der Waals surface area contributed by atoms with E-state index in [9.17, 15) is 4.79 Å². The molecule has 16 heavy (non-hydrogen) atoms. The van der Waals surface area contributed by atoms with Gasteiger partial charge in [-0.1, -0.05) is 6.07 Å². The van der Waals surface area contributed by atoms with Crippen molar-refractivity contribution in [1.82, 2.24) is 14.5 Å². The van der Waals surface area contributed by atoms with Crippen LogP contribution >= 0.6 is 0 Å². The molecule has 0 unspecified atom stereocenters. The first-order valence-corrected chi connectivity index (χ1v) is 5.17. The van der Waals surface area contributed by atoms with Crippen molar-refractivity contribution in [1.29, 1.82) is 0 Å². The predicted octanol–water partition coefficient (Wildman–Crippen LogP) is 1.63. The van der Waals surface area contributed by atoms with Crippen LogP contribution in [0.4, 0.5) is 0 Å². The molecule has 82 valence electrons. The van der Waals surface area contributed by atoms with Crippen molar-refractivity contribution in [2.75, 3.05) is 0 Å². The van der Waals surface area contributed by atoms with Gasteiger partial charge >= 0.3 is 0 Å². The molecule has 2 rings (SSSR count). The molecule has 0 saturated carbocycles. The molecular weight excluding hydrogens is 202 g/mol. The zero-order valence-electron chi connectivity index (χ0n) is 9.13. The lowest BCUT2D eigenvalue weighted by molar-refractivity contribution is 0.0970. The Morgan fingerprint density at radius 1 is 1.44 bits per heavy atom. The highest BCUT2D eigenvalue weighted by Gasteiger charge is 2.10. The van der Waals surface area contributed by atoms with E-state index in [4.69, 9.17) is 0 Å². The third kappa shape index (κ3) is 2.34. The summed E-state index contributed by atoms with van der Waals surface area (Å²) in [5.74, 6) is 0.584. The molecule has 0 amide bonds. The predicted molar refractivity (Wildman–Crippen MR) is 60.1 cm³/mol. The Bertz CT molecular complexity index is 476. The van der Waals surface area contributed by atoms with Crippen LogP contribution in [0.15, 0.2) is 36.9 Å². The lowest BCUT2D eigenvalue weighted by atomic mass is 10.1. The highest BCUT2D eigenvalue weighted by molar-refractivity contribution is 5.92. The van der Waals surface area contributed by atoms with E-state index < -0.39 is 0 Å². The maximum atomic E-state index is 11.8. The van der Waals surface area contributed by atoms with Crippen molar-refractivity contribution in [3.05, 3.63) is 48.3 Å². The maximum absolute atomic E-state index is 11.8. The Morgan fingerprint density at radius 3 is 2.94 bits per heavy atom. The molecule has 0 spiro atoms. The summed E-state index contributed by atoms with van der Waals surface area (Å²) in [4.78, 5) is 19.8. The molecule has 2 aromatic heterocycles. The molecule has 4 heteroatoms. The largest absolute Gasteiger partial charge is 0.332 e. The number of hydrogen-bond donors (Lipinski definition) is 0. The van der Waals surface area contributed by atoms with Crippen LogP contribution in [0.3, 0.4) is 0 Å². The quantitative estimate of drug-likeness (QED) is 0.728. The Hall–Kier alpha value is -1.97. The summed E-state index contributed by atoms with van der Waals surface area (Å²) in [7, 11) is 1.82. The third-order valence-electron chi connectivity index (χ3n) is 2.43. The average Bonchev–Trinajstić information content (AvgIpc) is 2.74. The molecule has 0 aliphatic heterocycles. The van der Waals surface area contributed by atoms with E-state index in [1.54, 1.807) is 29.4 Å². The molecule has 0 N–H and O–H groups in total. The molecule has 0 aliphatic rings. The number of aryl methyl sites for hydroxylation is 2. The Balaban J connectivity index is 1.97. The van der Waals surface area contributed by atoms with Crippen molar-refractivity contribution in [3.63, 3.8) is 0 Å². The van der Waals surface area contributed by atoms with Gasteiger partial charge in [-0.3, -0.25) is 9.78 Å². The summed E-state index contributed by atoms with van der Waals surface area (Å²) in [5.41, 5.74) is 1.07. The molecule has 0 atom stereocenters. The van der Waals surface area contributed by atoms with Crippen LogP contribution in [-0.2, 0) is 13.5 Å². The van der Waals surface area contributed by atoms with E-state index in [0.29, 0.717) is 18.7 Å². The standard InChI is InChI=1S/C12H13N3O/c1-15-8-7-14-12(15)11(16)5-4-10-3-2-6-13-9-10/h2-3,6-9H,4-5H2,1H3. The van der Waals surface area contributed by atoms with Gasteiger partial charge in [0, 0.05) is 38.3 Å². The Kier molecular flexibility index (Phi) is 3.10. The van der Waals surface area contributed by atoms with Gasteiger partial charge in [0.15, 0.2) is 11.6 Å². The van der Waals surface area contributed by atoms with E-state index in [0.717, 1.165) is 5.56 Å². The van der Waals surface area contributed by atoms with Crippen LogP contribution in [-0.4, -0.2) is 20.3 Å². The minimum absolute atomic E-state index is 0.0661. The molecule has 4 nitrogen and oxygen atoms in total. The van der Waals surface area contributed by atoms with Crippen molar-refractivity contribution in [2.45, 2.75) is 12.8 Å². The molecule has 0 bridgehead atoms. The van der Waals surface area contributed by atoms with Crippen molar-refractivity contribution in [2.24, 2.45) is 7.05 Å². The molecule has 0 saturated heterocycles. The summed E-state index contributed by atoms with van der Waals surface area (Å²) in [6.07, 6.45) is 8.10. The van der Waals surface area contributed by atoms with Crippen molar-refractivity contribution >= 4 is 5.78 Å². The zero-order chi connectivity index (χ0) is 11.4. The van der Waals surface area contributed by atoms with E-state index in [-0.39, 0.29) is 5.78 Å². The molecule has 0 aromatic carbocycles. The van der Waals surface area contributed by atoms with E-state index in [2.05, 4.69) is 9.97 Å². The summed E-state index contributed by atoms with van der Waals surface area (Å²) < 4.78 is 1.74. The van der Waals surface area contributed by atoms with Crippen molar-refractivity contribution < 1.29 is 4.79 Å². The number of Topliss-reactive ketones (excluding diaryl/α,β-unsaturated/α-hetero) is 1. The second-order valence-electron chi connectivity index (χ2n) is 3.65. The van der Waals surface area contributed by atoms with E-state index >= 15 is 0 Å². The lowest BCUT2D eigenvalue weighted by Crippen LogP contribution is -2.08. The normalized spacial score (nSPS) is 10.3. The summed E-state index contributed by atoms with van der Waals surface area (Å²) in [5, 5.41) is 0. The van der Waals surface area contributed by atoms with E-state index in [1.165, 1.54) is 0 Å². The van der Waals surface area contributed by atoms with Crippen LogP contribution in [0, 0.1) is 0 Å². The lowest BCUT2D eigenvalue weighted by Gasteiger charge is -2.01. The van der Waals surface area contributed by atoms with Gasteiger partial charge in [0.05, 0.1) is 0 Å². The number of hydrogen-bond acceptors (Lipinski definition) is 3. The van der Waals surface area contributed by atoms with Crippen LogP contribution < -0.4 is 0 Å². The van der Waals surface area contributed by atoms with Gasteiger partial charge in [-0.2, -0.15) is 0 Å². The maximum Gasteiger partial charge on any atom is 0.198 e. The first kappa shape index (κ1) is 10.5. The molecule has 0 aliphatic carbocycles. The molecule has 0 fully saturated rings. The van der Waals surface area contributed by atoms with Crippen LogP contribution in [0.2, 0.25) is 0 Å². The molecular formula is C12H13N3O. The number of aromatic nitrogens is 3. The number of carbonyl (C=O) groups excluding carboxylic acids is 1. The smallest absolute Gasteiger partial charge is 0.198 e. The molecule has 2 heterocycles. The Morgan fingerprint density at radius 2 is 2.31 bits per heavy atom. The summed E-state index contributed by atoms with van der Waals surface area (Å²) in [6.45, 7) is 0. The minimum atomic E-state index is 0.0661. The van der Waals surface area contributed by atoms with Gasteiger partial charge in [0.2, 0.25) is 0 Å². The first-order valence-electron chi connectivity index (χ1n) is 5.17. The second kappa shape index (κ2) is 4.70. The fourth-order valence-corrected chi connectivity index (χ4v) is 1.55. The number of carbonyl (C=O) groups is 1. The third-order valence-corrected chi connectivity index (χ3v) is 2.43. The van der Waals surface area contributed by atoms with Crippen molar-refractivity contribution in [3.8, 4) is 0 Å². The van der Waals surface area contributed by atoms with Gasteiger partial charge in [-0.15, -0.1) is 0 Å². The number of imidazole rings is 1. The highest BCUT2D eigenvalue weighted by atomic mass is 16.1. The van der Waals surface area contributed by atoms with Gasteiger partial charge in [0.25, 0.3) is 0 Å². The van der Waals surface area contributed by atoms with Crippen LogP contribution in [0.5, 0.6) is 0 Å². The fraction of sp³-hybridized carbons (Fsp3) is 0.250. The number of pyridine rings is 1. The van der Waals surface area contributed by atoms with Gasteiger partial charge < -0.3 is 4.57 Å². The van der Waals surface area contributed by atoms with Crippen LogP contribution in [0.25, 0.3) is 0 Å². The van der Waals surface area contributed by atoms with Gasteiger partial charge in [-0.25, -0.2) is 4.98 Å². The Labute approximate surface area is 94.0 Å². The summed E-state index contributed by atoms with van der Waals surface area (Å²) in [6, 6.07) is 3.85. The average molecular weight is 215 g/mol. The topological polar surface area (TPSA) is 47.8 Å². The first-order chi connectivity index (χ1) is 7.77. The molecule has 2 aromatic rings. The zero-order valence-corrected chi connectivity index (χ0v) is 9.13. The minimum Gasteiger partial charge on any atom is -0.332 e. The SMILES string of the molecule is Cn1ccnc1C(=O)CCc1cccnc1. The summed E-state index contributed by atoms with van der Waals surface area (Å²) >= 11 is 0. The highest BCUT2D eigenvalue weighted by Crippen LogP contribution is 2.05. The van der Waals surface area contributed by atoms with Crippen LogP contribution in [0.1, 0.15) is 22.6 Å². The fourth-order valence-electron chi connectivity index (χ4n) is 1.55. The number of nitrogens with zero attached hydrogens (tertiary/aromatic N) is 3. The van der Waals surface area contributed by atoms with E-state index in [1.807, 2.05) is 19.2 Å². The molecule has 0 radical (unpaired) electrons. The van der Waals surface area contributed by atoms with Gasteiger partial charge in [-0.05, 0) is 18.1 Å². The monoisotopic (exact) mass is 215 g/mol. The second-order valence-corrected chi connectivity index (χ2v) is 3.65. The number of ketones is 1. The van der Waals surface area contributed by atoms with Gasteiger partial charge in [0.1, 0.15) is 0 Å².